The molecular formula is C20H18N4O3. The van der Waals surface area contributed by atoms with Gasteiger partial charge in [0, 0.05) is 42.5 Å². The van der Waals surface area contributed by atoms with Crippen molar-refractivity contribution in [2.75, 3.05) is 11.9 Å². The number of aromatic nitrogens is 3. The zero-order valence-corrected chi connectivity index (χ0v) is 14.9. The minimum absolute atomic E-state index is 0.0306. The number of H-pyrrole nitrogens is 1. The van der Waals surface area contributed by atoms with Crippen LogP contribution in [0.1, 0.15) is 34.5 Å². The first kappa shape index (κ1) is 16.8. The largest absolute Gasteiger partial charge is 0.491 e. The highest BCUT2D eigenvalue weighted by Crippen LogP contribution is 2.37. The Morgan fingerprint density at radius 1 is 1.26 bits per heavy atom. The Morgan fingerprint density at radius 3 is 2.85 bits per heavy atom. The summed E-state index contributed by atoms with van der Waals surface area (Å²) in [6.07, 6.45) is 4.95. The van der Waals surface area contributed by atoms with Crippen LogP contribution in [0.25, 0.3) is 10.9 Å². The molecule has 1 atom stereocenters. The Morgan fingerprint density at radius 2 is 2.07 bits per heavy atom. The van der Waals surface area contributed by atoms with Gasteiger partial charge < -0.3 is 14.5 Å². The van der Waals surface area contributed by atoms with Gasteiger partial charge in [-0.1, -0.05) is 25.1 Å². The van der Waals surface area contributed by atoms with E-state index in [4.69, 9.17) is 4.42 Å². The second-order valence-electron chi connectivity index (χ2n) is 6.30. The molecule has 2 N–H and O–H groups in total. The fraction of sp³-hybridized carbons (Fsp3) is 0.150. The Balaban J connectivity index is 1.66. The van der Waals surface area contributed by atoms with Crippen LogP contribution in [0.5, 0.6) is 5.88 Å². The number of nitrogens with one attached hydrogen (secondary N) is 1. The second kappa shape index (κ2) is 6.60. The van der Waals surface area contributed by atoms with Gasteiger partial charge in [-0.3, -0.25) is 14.7 Å². The van der Waals surface area contributed by atoms with Gasteiger partial charge in [-0.2, -0.15) is 4.98 Å². The quantitative estimate of drug-likeness (QED) is 0.577. The Labute approximate surface area is 155 Å². The number of oxazole rings is 1. The number of para-hydroxylation sites is 1. The van der Waals surface area contributed by atoms with E-state index < -0.39 is 0 Å². The van der Waals surface area contributed by atoms with Crippen molar-refractivity contribution < 1.29 is 14.3 Å². The van der Waals surface area contributed by atoms with E-state index in [9.17, 15) is 9.90 Å². The van der Waals surface area contributed by atoms with E-state index in [2.05, 4.69) is 15.0 Å². The summed E-state index contributed by atoms with van der Waals surface area (Å²) in [6.45, 7) is 1.92. The molecule has 7 heteroatoms. The van der Waals surface area contributed by atoms with E-state index in [1.165, 1.54) is 11.1 Å². The highest BCUT2D eigenvalue weighted by Gasteiger charge is 2.26. The molecule has 4 aromatic rings. The molecule has 0 aliphatic rings. The van der Waals surface area contributed by atoms with Crippen LogP contribution in [0.3, 0.4) is 0 Å². The number of fused-ring (bicyclic) bond motifs is 1. The van der Waals surface area contributed by atoms with E-state index >= 15 is 0 Å². The summed E-state index contributed by atoms with van der Waals surface area (Å²) in [4.78, 5) is 25.0. The summed E-state index contributed by atoms with van der Waals surface area (Å²) in [6, 6.07) is 11.3. The summed E-state index contributed by atoms with van der Waals surface area (Å²) in [5, 5.41) is 11.4. The first-order chi connectivity index (χ1) is 13.1. The van der Waals surface area contributed by atoms with Crippen molar-refractivity contribution in [1.82, 2.24) is 15.0 Å². The third-order valence-corrected chi connectivity index (χ3v) is 4.60. The monoisotopic (exact) mass is 362 g/mol. The molecule has 0 aliphatic heterocycles. The van der Waals surface area contributed by atoms with Crippen molar-refractivity contribution in [1.29, 1.82) is 0 Å². The number of pyridine rings is 1. The summed E-state index contributed by atoms with van der Waals surface area (Å²) in [5.74, 6) is -0.492. The number of hydrogen-bond donors (Lipinski definition) is 2. The SMILES string of the molecule is C[C@@H](c1oc(N(C)C(=O)c2cccnc2)nc1O)c1c[nH]c2ccccc12. The van der Waals surface area contributed by atoms with Gasteiger partial charge in [-0.25, -0.2) is 0 Å². The topological polar surface area (TPSA) is 95.2 Å². The molecule has 1 aromatic carbocycles. The van der Waals surface area contributed by atoms with Gasteiger partial charge in [0.2, 0.25) is 0 Å². The van der Waals surface area contributed by atoms with Crippen molar-refractivity contribution in [3.63, 3.8) is 0 Å². The lowest BCUT2D eigenvalue weighted by molar-refractivity contribution is 0.0987. The number of nitrogens with zero attached hydrogens (tertiary/aromatic N) is 3. The molecule has 0 unspecified atom stereocenters. The zero-order chi connectivity index (χ0) is 19.0. The minimum Gasteiger partial charge on any atom is -0.491 e. The molecule has 0 aliphatic carbocycles. The third kappa shape index (κ3) is 2.93. The molecule has 3 heterocycles. The normalized spacial score (nSPS) is 12.2. The summed E-state index contributed by atoms with van der Waals surface area (Å²) < 4.78 is 5.76. The minimum atomic E-state index is -0.323. The summed E-state index contributed by atoms with van der Waals surface area (Å²) in [7, 11) is 1.54. The van der Waals surface area contributed by atoms with E-state index in [1.807, 2.05) is 37.4 Å². The molecule has 4 rings (SSSR count). The van der Waals surface area contributed by atoms with Gasteiger partial charge in [0.1, 0.15) is 0 Å². The van der Waals surface area contributed by atoms with Gasteiger partial charge in [0.25, 0.3) is 11.8 Å². The van der Waals surface area contributed by atoms with Crippen molar-refractivity contribution >= 4 is 22.8 Å². The van der Waals surface area contributed by atoms with E-state index in [0.717, 1.165) is 16.5 Å². The van der Waals surface area contributed by atoms with Gasteiger partial charge >= 0.3 is 6.01 Å². The third-order valence-electron chi connectivity index (χ3n) is 4.60. The van der Waals surface area contributed by atoms with Crippen molar-refractivity contribution in [2.24, 2.45) is 0 Å². The molecule has 27 heavy (non-hydrogen) atoms. The number of aromatic hydroxyl groups is 1. The van der Waals surface area contributed by atoms with Crippen molar-refractivity contribution in [3.8, 4) is 5.88 Å². The van der Waals surface area contributed by atoms with E-state index in [-0.39, 0.29) is 23.7 Å². The maximum atomic E-state index is 12.5. The standard InChI is InChI=1S/C20H18N4O3/c1-12(15-11-22-16-8-4-3-7-14(15)16)17-18(25)23-20(27-17)24(2)19(26)13-6-5-9-21-10-13/h3-12,22,25H,1-2H3/t12-/m1/s1. The fourth-order valence-corrected chi connectivity index (χ4v) is 3.10. The number of carbonyl (C=O) groups excluding carboxylic acids is 1. The maximum absolute atomic E-state index is 12.5. The van der Waals surface area contributed by atoms with Crippen molar-refractivity contribution in [2.45, 2.75) is 12.8 Å². The molecule has 0 bridgehead atoms. The summed E-state index contributed by atoms with van der Waals surface area (Å²) in [5.41, 5.74) is 2.39. The van der Waals surface area contributed by atoms with Gasteiger partial charge in [0.15, 0.2) is 5.76 Å². The van der Waals surface area contributed by atoms with E-state index in [1.54, 1.807) is 25.4 Å². The highest BCUT2D eigenvalue weighted by atomic mass is 16.4. The van der Waals surface area contributed by atoms with Crippen LogP contribution >= 0.6 is 0 Å². The maximum Gasteiger partial charge on any atom is 0.307 e. The number of anilines is 1. The molecule has 7 nitrogen and oxygen atoms in total. The predicted octanol–water partition coefficient (Wildman–Crippen LogP) is 3.68. The Bertz CT molecular complexity index is 1100. The molecule has 0 fully saturated rings. The number of aromatic amines is 1. The van der Waals surface area contributed by atoms with Gasteiger partial charge in [0.05, 0.1) is 5.56 Å². The highest BCUT2D eigenvalue weighted by molar-refractivity contribution is 6.04. The van der Waals surface area contributed by atoms with Crippen LogP contribution in [-0.4, -0.2) is 33.0 Å². The molecule has 0 saturated carbocycles. The smallest absolute Gasteiger partial charge is 0.307 e. The number of carbonyl (C=O) groups is 1. The molecule has 136 valence electrons. The lowest BCUT2D eigenvalue weighted by atomic mass is 9.98. The van der Waals surface area contributed by atoms with Crippen LogP contribution in [0.15, 0.2) is 59.4 Å². The van der Waals surface area contributed by atoms with Crippen LogP contribution in [-0.2, 0) is 0 Å². The van der Waals surface area contributed by atoms with Crippen LogP contribution in [0.4, 0.5) is 6.01 Å². The number of benzene rings is 1. The second-order valence-corrected chi connectivity index (χ2v) is 6.30. The number of hydrogen-bond acceptors (Lipinski definition) is 5. The van der Waals surface area contributed by atoms with Gasteiger partial charge in [-0.15, -0.1) is 0 Å². The zero-order valence-electron chi connectivity index (χ0n) is 14.9. The Hall–Kier alpha value is -3.61. The molecule has 0 saturated heterocycles. The first-order valence-corrected chi connectivity index (χ1v) is 8.50. The Kier molecular flexibility index (Phi) is 4.12. The van der Waals surface area contributed by atoms with Crippen LogP contribution in [0.2, 0.25) is 0 Å². The van der Waals surface area contributed by atoms with Gasteiger partial charge in [-0.05, 0) is 23.8 Å². The lowest BCUT2D eigenvalue weighted by Crippen LogP contribution is -2.26. The molecule has 1 amide bonds. The molecule has 3 aromatic heterocycles. The average molecular weight is 362 g/mol. The van der Waals surface area contributed by atoms with Crippen LogP contribution in [0, 0.1) is 0 Å². The van der Waals surface area contributed by atoms with Crippen molar-refractivity contribution in [3.05, 3.63) is 71.9 Å². The summed E-state index contributed by atoms with van der Waals surface area (Å²) >= 11 is 0. The molecule has 0 spiro atoms. The average Bonchev–Trinajstić information content (AvgIpc) is 3.31. The number of amides is 1. The predicted molar refractivity (Wildman–Crippen MR) is 101 cm³/mol. The number of rotatable bonds is 4. The first-order valence-electron chi connectivity index (χ1n) is 8.50. The molecule has 0 radical (unpaired) electrons. The van der Waals surface area contributed by atoms with E-state index in [0.29, 0.717) is 11.3 Å². The molecular weight excluding hydrogens is 344 g/mol. The van der Waals surface area contributed by atoms with Crippen LogP contribution < -0.4 is 4.90 Å². The fourth-order valence-electron chi connectivity index (χ4n) is 3.10. The lowest BCUT2D eigenvalue weighted by Gasteiger charge is -2.12.